The third-order valence-corrected chi connectivity index (χ3v) is 3.57. The summed E-state index contributed by atoms with van der Waals surface area (Å²) in [6.07, 6.45) is -4.35. The maximum atomic E-state index is 13.2. The second-order valence-electron chi connectivity index (χ2n) is 4.01. The fourth-order valence-corrected chi connectivity index (χ4v) is 2.28. The van der Waals surface area contributed by atoms with Crippen LogP contribution in [0.3, 0.4) is 0 Å². The molecule has 2 aromatic rings. The van der Waals surface area contributed by atoms with E-state index in [-0.39, 0.29) is 5.56 Å². The first kappa shape index (κ1) is 14.2. The van der Waals surface area contributed by atoms with Gasteiger partial charge in [0.25, 0.3) is 0 Å². The molecule has 0 bridgehead atoms. The monoisotopic (exact) mass is 377 g/mol. The van der Waals surface area contributed by atoms with E-state index in [4.69, 9.17) is 0 Å². The molecule has 100 valence electrons. The third kappa shape index (κ3) is 3.62. The maximum absolute atomic E-state index is 13.2. The summed E-state index contributed by atoms with van der Waals surface area (Å²) in [5, 5.41) is 2.57. The molecule has 0 spiro atoms. The molecule has 0 fully saturated rings. The average molecular weight is 377 g/mol. The summed E-state index contributed by atoms with van der Waals surface area (Å²) in [5.41, 5.74) is 0.684. The Labute approximate surface area is 123 Å². The largest absolute Gasteiger partial charge is 0.412 e. The van der Waals surface area contributed by atoms with Crippen LogP contribution in [0, 0.1) is 3.57 Å². The number of hydrogen-bond donors (Lipinski definition) is 1. The number of nitrogens with one attached hydrogen (secondary N) is 1. The van der Waals surface area contributed by atoms with Crippen molar-refractivity contribution in [1.29, 1.82) is 0 Å². The summed E-state index contributed by atoms with van der Waals surface area (Å²) in [4.78, 5) is 0. The molecule has 0 amide bonds. The number of rotatable bonds is 3. The minimum atomic E-state index is -4.35. The predicted octanol–water partition coefficient (Wildman–Crippen LogP) is 5.01. The third-order valence-electron chi connectivity index (χ3n) is 2.63. The first-order valence-corrected chi connectivity index (χ1v) is 6.69. The lowest BCUT2D eigenvalue weighted by Crippen LogP contribution is -2.28. The molecule has 0 aliphatic heterocycles. The van der Waals surface area contributed by atoms with E-state index in [1.165, 1.54) is 12.1 Å². The van der Waals surface area contributed by atoms with Crippen molar-refractivity contribution >= 4 is 28.3 Å². The van der Waals surface area contributed by atoms with Crippen molar-refractivity contribution in [3.8, 4) is 0 Å². The number of hydrogen-bond acceptors (Lipinski definition) is 1. The lowest BCUT2D eigenvalue weighted by Gasteiger charge is -2.23. The Balaban J connectivity index is 2.33. The van der Waals surface area contributed by atoms with Crippen molar-refractivity contribution in [2.45, 2.75) is 12.2 Å². The van der Waals surface area contributed by atoms with Gasteiger partial charge in [-0.3, -0.25) is 0 Å². The molecule has 0 heterocycles. The van der Waals surface area contributed by atoms with Crippen LogP contribution in [0.2, 0.25) is 0 Å². The Morgan fingerprint density at radius 2 is 1.47 bits per heavy atom. The number of benzene rings is 2. The van der Waals surface area contributed by atoms with Crippen LogP contribution >= 0.6 is 22.6 Å². The number of para-hydroxylation sites is 1. The second-order valence-corrected chi connectivity index (χ2v) is 5.17. The van der Waals surface area contributed by atoms with Gasteiger partial charge in [0.1, 0.15) is 6.04 Å². The van der Waals surface area contributed by atoms with Crippen molar-refractivity contribution in [1.82, 2.24) is 0 Å². The van der Waals surface area contributed by atoms with E-state index in [2.05, 4.69) is 5.32 Å². The van der Waals surface area contributed by atoms with E-state index < -0.39 is 12.2 Å². The van der Waals surface area contributed by atoms with Crippen molar-refractivity contribution in [2.75, 3.05) is 5.32 Å². The van der Waals surface area contributed by atoms with E-state index in [1.807, 2.05) is 22.6 Å². The van der Waals surface area contributed by atoms with Crippen molar-refractivity contribution in [3.05, 3.63) is 63.7 Å². The Bertz CT molecular complexity index is 540. The summed E-state index contributed by atoms with van der Waals surface area (Å²) in [6, 6.07) is 13.1. The van der Waals surface area contributed by atoms with Crippen molar-refractivity contribution in [2.24, 2.45) is 0 Å². The SMILES string of the molecule is FC(F)(F)C(Nc1ccccc1I)c1ccccc1. The van der Waals surface area contributed by atoms with Gasteiger partial charge in [0.15, 0.2) is 0 Å². The zero-order chi connectivity index (χ0) is 13.9. The molecule has 1 atom stereocenters. The molecule has 1 N–H and O–H groups in total. The van der Waals surface area contributed by atoms with E-state index in [1.54, 1.807) is 42.5 Å². The standard InChI is InChI=1S/C14H11F3IN/c15-14(16,17)13(10-6-2-1-3-7-10)19-12-9-5-4-8-11(12)18/h1-9,13,19H. The lowest BCUT2D eigenvalue weighted by molar-refractivity contribution is -0.144. The topological polar surface area (TPSA) is 12.0 Å². The van der Waals surface area contributed by atoms with Gasteiger partial charge in [0, 0.05) is 9.26 Å². The molecule has 0 saturated carbocycles. The highest BCUT2D eigenvalue weighted by molar-refractivity contribution is 14.1. The molecular formula is C14H11F3IN. The highest BCUT2D eigenvalue weighted by atomic mass is 127. The molecule has 5 heteroatoms. The number of alkyl halides is 3. The van der Waals surface area contributed by atoms with Crippen LogP contribution in [0.1, 0.15) is 11.6 Å². The molecular weight excluding hydrogens is 366 g/mol. The van der Waals surface area contributed by atoms with Gasteiger partial charge in [-0.15, -0.1) is 0 Å². The number of anilines is 1. The van der Waals surface area contributed by atoms with Gasteiger partial charge < -0.3 is 5.32 Å². The first-order valence-electron chi connectivity index (χ1n) is 5.61. The van der Waals surface area contributed by atoms with Crippen LogP contribution in [-0.2, 0) is 0 Å². The van der Waals surface area contributed by atoms with Gasteiger partial charge in [0.2, 0.25) is 0 Å². The van der Waals surface area contributed by atoms with E-state index >= 15 is 0 Å². The molecule has 0 saturated heterocycles. The summed E-state index contributed by atoms with van der Waals surface area (Å²) < 4.78 is 40.2. The van der Waals surface area contributed by atoms with Gasteiger partial charge >= 0.3 is 6.18 Å². The van der Waals surface area contributed by atoms with E-state index in [9.17, 15) is 13.2 Å². The molecule has 0 aliphatic rings. The maximum Gasteiger partial charge on any atom is 0.412 e. The summed E-state index contributed by atoms with van der Waals surface area (Å²) >= 11 is 2.01. The second kappa shape index (κ2) is 5.81. The van der Waals surface area contributed by atoms with Gasteiger partial charge in [0.05, 0.1) is 0 Å². The Morgan fingerprint density at radius 3 is 2.05 bits per heavy atom. The normalized spacial score (nSPS) is 13.1. The molecule has 1 nitrogen and oxygen atoms in total. The summed E-state index contributed by atoms with van der Waals surface area (Å²) in [7, 11) is 0. The quantitative estimate of drug-likeness (QED) is 0.742. The van der Waals surface area contributed by atoms with Crippen LogP contribution in [0.5, 0.6) is 0 Å². The van der Waals surface area contributed by atoms with Gasteiger partial charge in [-0.05, 0) is 40.3 Å². The highest BCUT2D eigenvalue weighted by Gasteiger charge is 2.40. The molecule has 1 unspecified atom stereocenters. The van der Waals surface area contributed by atoms with Gasteiger partial charge in [-0.2, -0.15) is 13.2 Å². The lowest BCUT2D eigenvalue weighted by atomic mass is 10.1. The van der Waals surface area contributed by atoms with Crippen LogP contribution in [0.15, 0.2) is 54.6 Å². The molecule has 0 radical (unpaired) electrons. The molecule has 0 aromatic heterocycles. The Hall–Kier alpha value is -1.24. The molecule has 19 heavy (non-hydrogen) atoms. The fourth-order valence-electron chi connectivity index (χ4n) is 1.73. The average Bonchev–Trinajstić information content (AvgIpc) is 2.37. The van der Waals surface area contributed by atoms with Crippen LogP contribution in [0.25, 0.3) is 0 Å². The van der Waals surface area contributed by atoms with Gasteiger partial charge in [-0.1, -0.05) is 42.5 Å². The van der Waals surface area contributed by atoms with E-state index in [0.29, 0.717) is 5.69 Å². The minimum Gasteiger partial charge on any atom is -0.370 e. The molecule has 0 aliphatic carbocycles. The fraction of sp³-hybridized carbons (Fsp3) is 0.143. The first-order chi connectivity index (χ1) is 8.98. The van der Waals surface area contributed by atoms with Crippen molar-refractivity contribution in [3.63, 3.8) is 0 Å². The van der Waals surface area contributed by atoms with Crippen LogP contribution in [-0.4, -0.2) is 6.18 Å². The summed E-state index contributed by atoms with van der Waals surface area (Å²) in [6.45, 7) is 0. The minimum absolute atomic E-state index is 0.203. The van der Waals surface area contributed by atoms with Crippen LogP contribution in [0.4, 0.5) is 18.9 Å². The van der Waals surface area contributed by atoms with E-state index in [0.717, 1.165) is 3.57 Å². The smallest absolute Gasteiger partial charge is 0.370 e. The molecule has 2 aromatic carbocycles. The molecule has 2 rings (SSSR count). The van der Waals surface area contributed by atoms with Crippen molar-refractivity contribution < 1.29 is 13.2 Å². The Morgan fingerprint density at radius 1 is 0.895 bits per heavy atom. The number of halogens is 4. The van der Waals surface area contributed by atoms with Crippen LogP contribution < -0.4 is 5.32 Å². The zero-order valence-electron chi connectivity index (χ0n) is 9.79. The predicted molar refractivity (Wildman–Crippen MR) is 78.0 cm³/mol. The zero-order valence-corrected chi connectivity index (χ0v) is 11.9. The Kier molecular flexibility index (Phi) is 4.34. The van der Waals surface area contributed by atoms with Gasteiger partial charge in [-0.25, -0.2) is 0 Å². The summed E-state index contributed by atoms with van der Waals surface area (Å²) in [5.74, 6) is 0. The highest BCUT2D eigenvalue weighted by Crippen LogP contribution is 2.36.